The zero-order valence-electron chi connectivity index (χ0n) is 18.6. The number of fused-ring (bicyclic) bond motifs is 3. The maximum Gasteiger partial charge on any atom is 0.408 e. The van der Waals surface area contributed by atoms with Crippen LogP contribution in [0, 0.1) is 0 Å². The molecule has 4 rings (SSSR count). The van der Waals surface area contributed by atoms with Crippen LogP contribution in [-0.2, 0) is 28.6 Å². The topological polar surface area (TPSA) is 132 Å². The molecular formula is C24H26N2O8. The zero-order chi connectivity index (χ0) is 24.1. The summed E-state index contributed by atoms with van der Waals surface area (Å²) in [6.45, 7) is -0.0470. The van der Waals surface area contributed by atoms with Crippen LogP contribution in [-0.4, -0.2) is 68.3 Å². The molecule has 1 saturated heterocycles. The highest BCUT2D eigenvalue weighted by atomic mass is 16.7. The number of carboxylic acids is 1. The smallest absolute Gasteiger partial charge is 0.408 e. The van der Waals surface area contributed by atoms with Crippen molar-refractivity contribution >= 4 is 18.0 Å². The van der Waals surface area contributed by atoms with Crippen molar-refractivity contribution in [2.24, 2.45) is 0 Å². The van der Waals surface area contributed by atoms with Crippen LogP contribution in [0.5, 0.6) is 0 Å². The van der Waals surface area contributed by atoms with Gasteiger partial charge in [0, 0.05) is 26.1 Å². The van der Waals surface area contributed by atoms with E-state index in [9.17, 15) is 14.4 Å². The van der Waals surface area contributed by atoms with Gasteiger partial charge in [0.1, 0.15) is 12.1 Å². The van der Waals surface area contributed by atoms with Crippen molar-refractivity contribution < 1.29 is 38.5 Å². The Balaban J connectivity index is 1.40. The van der Waals surface area contributed by atoms with Crippen LogP contribution in [0.1, 0.15) is 23.5 Å². The van der Waals surface area contributed by atoms with Crippen molar-refractivity contribution in [3.63, 3.8) is 0 Å². The number of hydrogen-bond acceptors (Lipinski definition) is 7. The van der Waals surface area contributed by atoms with Crippen molar-refractivity contribution in [1.29, 1.82) is 0 Å². The number of alkyl carbamates (subject to hydrolysis) is 1. The lowest BCUT2D eigenvalue weighted by Crippen LogP contribution is -2.60. The number of hydrogen-bond donors (Lipinski definition) is 3. The maximum absolute atomic E-state index is 12.8. The number of methoxy groups -OCH3 is 1. The molecule has 180 valence electrons. The number of carboxylic acid groups (broad SMARTS) is 1. The minimum Gasteiger partial charge on any atom is -0.479 e. The van der Waals surface area contributed by atoms with Gasteiger partial charge in [-0.15, -0.1) is 0 Å². The van der Waals surface area contributed by atoms with E-state index in [0.29, 0.717) is 0 Å². The van der Waals surface area contributed by atoms with E-state index < -0.39 is 29.6 Å². The molecule has 0 radical (unpaired) electrons. The second-order valence-electron chi connectivity index (χ2n) is 8.17. The fraction of sp³-hybridized carbons (Fsp3) is 0.375. The lowest BCUT2D eigenvalue weighted by atomic mass is 9.98. The Morgan fingerprint density at radius 3 is 2.32 bits per heavy atom. The van der Waals surface area contributed by atoms with E-state index in [2.05, 4.69) is 10.8 Å². The SMILES string of the molecule is COCC(ONC(=O)C1(NC(=O)OCC2c3ccccc3-c3ccccc32)CCOC1)C(=O)O. The highest BCUT2D eigenvalue weighted by Gasteiger charge is 2.45. The molecule has 1 aliphatic carbocycles. The molecule has 10 heteroatoms. The van der Waals surface area contributed by atoms with Crippen molar-refractivity contribution in [3.05, 3.63) is 59.7 Å². The number of aliphatic carboxylic acids is 1. The number of rotatable bonds is 9. The van der Waals surface area contributed by atoms with E-state index in [1.54, 1.807) is 0 Å². The van der Waals surface area contributed by atoms with Crippen molar-refractivity contribution in [2.75, 3.05) is 33.5 Å². The molecule has 2 aromatic rings. The molecule has 3 N–H and O–H groups in total. The number of nitrogens with one attached hydrogen (secondary N) is 2. The summed E-state index contributed by atoms with van der Waals surface area (Å²) >= 11 is 0. The third-order valence-electron chi connectivity index (χ3n) is 6.03. The molecule has 2 amide bonds. The van der Waals surface area contributed by atoms with Gasteiger partial charge in [-0.05, 0) is 22.3 Å². The van der Waals surface area contributed by atoms with Gasteiger partial charge >= 0.3 is 12.1 Å². The van der Waals surface area contributed by atoms with E-state index in [0.717, 1.165) is 22.3 Å². The molecule has 34 heavy (non-hydrogen) atoms. The molecule has 0 saturated carbocycles. The zero-order valence-corrected chi connectivity index (χ0v) is 18.6. The van der Waals surface area contributed by atoms with Gasteiger partial charge in [-0.1, -0.05) is 48.5 Å². The average Bonchev–Trinajstić information content (AvgIpc) is 3.43. The van der Waals surface area contributed by atoms with Gasteiger partial charge in [-0.3, -0.25) is 9.63 Å². The predicted octanol–water partition coefficient (Wildman–Crippen LogP) is 1.83. The van der Waals surface area contributed by atoms with E-state index in [-0.39, 0.29) is 38.8 Å². The second kappa shape index (κ2) is 10.2. The Hall–Kier alpha value is -3.47. The molecule has 1 heterocycles. The van der Waals surface area contributed by atoms with Crippen LogP contribution in [0.2, 0.25) is 0 Å². The summed E-state index contributed by atoms with van der Waals surface area (Å²) in [7, 11) is 1.31. The lowest BCUT2D eigenvalue weighted by molar-refractivity contribution is -0.167. The predicted molar refractivity (Wildman–Crippen MR) is 119 cm³/mol. The first kappa shape index (κ1) is 23.7. The van der Waals surface area contributed by atoms with Gasteiger partial charge in [0.2, 0.25) is 6.10 Å². The van der Waals surface area contributed by atoms with Crippen molar-refractivity contribution in [3.8, 4) is 11.1 Å². The molecule has 2 aromatic carbocycles. The molecule has 1 aliphatic heterocycles. The third-order valence-corrected chi connectivity index (χ3v) is 6.03. The Morgan fingerprint density at radius 1 is 1.12 bits per heavy atom. The number of hydroxylamine groups is 1. The fourth-order valence-corrected chi connectivity index (χ4v) is 4.26. The monoisotopic (exact) mass is 470 g/mol. The Labute approximate surface area is 196 Å². The van der Waals surface area contributed by atoms with Crippen LogP contribution in [0.3, 0.4) is 0 Å². The summed E-state index contributed by atoms with van der Waals surface area (Å²) in [5.74, 6) is -2.17. The quantitative estimate of drug-likeness (QED) is 0.473. The molecule has 2 aliphatic rings. The maximum atomic E-state index is 12.8. The van der Waals surface area contributed by atoms with E-state index in [1.165, 1.54) is 7.11 Å². The normalized spacial score (nSPS) is 19.7. The van der Waals surface area contributed by atoms with Crippen LogP contribution in [0.15, 0.2) is 48.5 Å². The summed E-state index contributed by atoms with van der Waals surface area (Å²) in [5, 5.41) is 11.7. The van der Waals surface area contributed by atoms with Crippen LogP contribution < -0.4 is 10.8 Å². The second-order valence-corrected chi connectivity index (χ2v) is 8.17. The summed E-state index contributed by atoms with van der Waals surface area (Å²) in [6.07, 6.45) is -2.01. The highest BCUT2D eigenvalue weighted by Crippen LogP contribution is 2.44. The molecule has 0 bridgehead atoms. The lowest BCUT2D eigenvalue weighted by Gasteiger charge is -2.27. The summed E-state index contributed by atoms with van der Waals surface area (Å²) < 4.78 is 15.6. The minimum atomic E-state index is -1.45. The first-order valence-corrected chi connectivity index (χ1v) is 10.8. The van der Waals surface area contributed by atoms with Gasteiger partial charge in [0.05, 0.1) is 13.2 Å². The molecule has 1 fully saturated rings. The van der Waals surface area contributed by atoms with Gasteiger partial charge in [0.15, 0.2) is 0 Å². The number of ether oxygens (including phenoxy) is 3. The molecule has 2 unspecified atom stereocenters. The molecule has 10 nitrogen and oxygen atoms in total. The Bertz CT molecular complexity index is 1020. The number of benzene rings is 2. The van der Waals surface area contributed by atoms with Gasteiger partial charge < -0.3 is 24.6 Å². The molecule has 2 atom stereocenters. The molecule has 0 aromatic heterocycles. The number of carbonyl (C=O) groups excluding carboxylic acids is 2. The highest BCUT2D eigenvalue weighted by molar-refractivity contribution is 5.90. The largest absolute Gasteiger partial charge is 0.479 e. The van der Waals surface area contributed by atoms with Crippen molar-refractivity contribution in [1.82, 2.24) is 10.8 Å². The van der Waals surface area contributed by atoms with E-state index in [4.69, 9.17) is 24.2 Å². The van der Waals surface area contributed by atoms with E-state index >= 15 is 0 Å². The van der Waals surface area contributed by atoms with Gasteiger partial charge in [0.25, 0.3) is 5.91 Å². The van der Waals surface area contributed by atoms with Crippen LogP contribution in [0.4, 0.5) is 4.79 Å². The fourth-order valence-electron chi connectivity index (χ4n) is 4.26. The minimum absolute atomic E-state index is 0.0871. The first-order chi connectivity index (χ1) is 16.4. The van der Waals surface area contributed by atoms with Gasteiger partial charge in [-0.25, -0.2) is 15.1 Å². The summed E-state index contributed by atoms with van der Waals surface area (Å²) in [6, 6.07) is 15.9. The molecular weight excluding hydrogens is 444 g/mol. The van der Waals surface area contributed by atoms with E-state index in [1.807, 2.05) is 48.5 Å². The standard InChI is InChI=1S/C24H26N2O8/c1-31-13-20(21(27)28)34-26-22(29)24(10-11-32-14-24)25-23(30)33-12-19-17-8-4-2-6-15(17)16-7-3-5-9-18(16)19/h2-9,19-20H,10-14H2,1H3,(H,25,30)(H,26,29)(H,27,28). The Kier molecular flexibility index (Phi) is 7.11. The van der Waals surface area contributed by atoms with Crippen molar-refractivity contribution in [2.45, 2.75) is 24.0 Å². The number of amides is 2. The Morgan fingerprint density at radius 2 is 1.76 bits per heavy atom. The number of carbonyl (C=O) groups is 3. The van der Waals surface area contributed by atoms with Crippen LogP contribution in [0.25, 0.3) is 11.1 Å². The summed E-state index contributed by atoms with van der Waals surface area (Å²) in [4.78, 5) is 41.7. The van der Waals surface area contributed by atoms with Crippen LogP contribution >= 0.6 is 0 Å². The third kappa shape index (κ3) is 4.74. The molecule has 0 spiro atoms. The average molecular weight is 470 g/mol. The van der Waals surface area contributed by atoms with Gasteiger partial charge in [-0.2, -0.15) is 0 Å². The first-order valence-electron chi connectivity index (χ1n) is 10.8. The summed E-state index contributed by atoms with van der Waals surface area (Å²) in [5.41, 5.74) is 5.01.